The maximum absolute atomic E-state index is 12.7. The summed E-state index contributed by atoms with van der Waals surface area (Å²) >= 11 is 0. The van der Waals surface area contributed by atoms with Crippen molar-refractivity contribution in [2.45, 2.75) is 18.7 Å². The van der Waals surface area contributed by atoms with Gasteiger partial charge in [-0.25, -0.2) is 0 Å². The number of alkyl halides is 3. The molecule has 5 nitrogen and oxygen atoms in total. The monoisotopic (exact) mass is 324 g/mol. The first kappa shape index (κ1) is 16.8. The second-order valence-electron chi connectivity index (χ2n) is 5.40. The van der Waals surface area contributed by atoms with E-state index in [-0.39, 0.29) is 6.54 Å². The number of aryl methyl sites for hydroxylation is 1. The fraction of sp³-hybridized carbons (Fsp3) is 0.333. The van der Waals surface area contributed by atoms with Crippen molar-refractivity contribution in [3.8, 4) is 6.07 Å². The van der Waals surface area contributed by atoms with Crippen LogP contribution in [-0.2, 0) is 18.8 Å². The van der Waals surface area contributed by atoms with E-state index in [1.165, 1.54) is 23.0 Å². The van der Waals surface area contributed by atoms with Gasteiger partial charge in [0.1, 0.15) is 5.60 Å². The van der Waals surface area contributed by atoms with Crippen molar-refractivity contribution in [1.29, 1.82) is 5.26 Å². The average Bonchev–Trinajstić information content (AvgIpc) is 2.91. The summed E-state index contributed by atoms with van der Waals surface area (Å²) in [4.78, 5) is 0. The van der Waals surface area contributed by atoms with E-state index in [1.54, 1.807) is 20.2 Å². The summed E-state index contributed by atoms with van der Waals surface area (Å²) < 4.78 is 39.8. The Labute approximate surface area is 131 Å². The second kappa shape index (κ2) is 5.93. The molecule has 0 saturated carbocycles. The molecule has 0 aliphatic heterocycles. The number of nitrogens with zero attached hydrogens (tertiary/aromatic N) is 3. The molecule has 2 rings (SSSR count). The first-order valence-electron chi connectivity index (χ1n) is 6.70. The molecule has 1 atom stereocenters. The summed E-state index contributed by atoms with van der Waals surface area (Å²) in [6, 6.07) is 4.72. The number of benzene rings is 1. The van der Waals surface area contributed by atoms with Crippen molar-refractivity contribution in [3.63, 3.8) is 0 Å². The quantitative estimate of drug-likeness (QED) is 0.907. The predicted octanol–water partition coefficient (Wildman–Crippen LogP) is 2.63. The Morgan fingerprint density at radius 2 is 2.09 bits per heavy atom. The van der Waals surface area contributed by atoms with E-state index >= 15 is 0 Å². The SMILES string of the molecule is Cn1cc(C(C)(O)CNc2ccc(C(F)(F)F)c(C#N)c2)cn1. The van der Waals surface area contributed by atoms with Gasteiger partial charge in [-0.1, -0.05) is 0 Å². The number of nitriles is 1. The number of hydrogen-bond donors (Lipinski definition) is 2. The molecule has 23 heavy (non-hydrogen) atoms. The molecule has 1 unspecified atom stereocenters. The number of halogens is 3. The van der Waals surface area contributed by atoms with E-state index in [2.05, 4.69) is 10.4 Å². The lowest BCUT2D eigenvalue weighted by Crippen LogP contribution is -2.30. The fourth-order valence-corrected chi connectivity index (χ4v) is 2.07. The Balaban J connectivity index is 2.17. The molecule has 1 heterocycles. The van der Waals surface area contributed by atoms with Gasteiger partial charge in [0.05, 0.1) is 23.4 Å². The molecule has 1 aromatic carbocycles. The third-order valence-corrected chi connectivity index (χ3v) is 3.41. The van der Waals surface area contributed by atoms with Gasteiger partial charge in [0.15, 0.2) is 0 Å². The normalized spacial score (nSPS) is 14.1. The molecule has 0 spiro atoms. The Hall–Kier alpha value is -2.53. The van der Waals surface area contributed by atoms with Crippen LogP contribution in [0.3, 0.4) is 0 Å². The van der Waals surface area contributed by atoms with Gasteiger partial charge in [-0.05, 0) is 25.1 Å². The molecular formula is C15H15F3N4O. The summed E-state index contributed by atoms with van der Waals surface area (Å²) in [6.07, 6.45) is -1.42. The molecule has 0 aliphatic carbocycles. The van der Waals surface area contributed by atoms with Gasteiger partial charge in [0.25, 0.3) is 0 Å². The molecule has 0 aliphatic rings. The van der Waals surface area contributed by atoms with E-state index in [1.807, 2.05) is 0 Å². The smallest absolute Gasteiger partial charge is 0.383 e. The van der Waals surface area contributed by atoms with Crippen LogP contribution < -0.4 is 5.32 Å². The standard InChI is InChI=1S/C15H15F3N4O/c1-14(23,11-7-21-22(2)8-11)9-20-12-3-4-13(15(16,17)18)10(5-12)6-19/h3-5,7-8,20,23H,9H2,1-2H3. The van der Waals surface area contributed by atoms with Crippen molar-refractivity contribution >= 4 is 5.69 Å². The van der Waals surface area contributed by atoms with Gasteiger partial charge in [0.2, 0.25) is 0 Å². The molecule has 0 bridgehead atoms. The highest BCUT2D eigenvalue weighted by atomic mass is 19.4. The summed E-state index contributed by atoms with van der Waals surface area (Å²) in [5, 5.41) is 26.1. The number of aliphatic hydroxyl groups is 1. The molecule has 122 valence electrons. The van der Waals surface area contributed by atoms with Crippen molar-refractivity contribution in [1.82, 2.24) is 9.78 Å². The van der Waals surface area contributed by atoms with Crippen LogP contribution in [0.15, 0.2) is 30.6 Å². The zero-order valence-electron chi connectivity index (χ0n) is 12.5. The minimum absolute atomic E-state index is 0.0505. The zero-order valence-corrected chi connectivity index (χ0v) is 12.5. The second-order valence-corrected chi connectivity index (χ2v) is 5.40. The lowest BCUT2D eigenvalue weighted by atomic mass is 9.99. The summed E-state index contributed by atoms with van der Waals surface area (Å²) in [5.74, 6) is 0. The van der Waals surface area contributed by atoms with Gasteiger partial charge in [0, 0.05) is 31.0 Å². The molecule has 0 fully saturated rings. The number of anilines is 1. The summed E-state index contributed by atoms with van der Waals surface area (Å²) in [6.45, 7) is 1.61. The maximum Gasteiger partial charge on any atom is 0.417 e. The Morgan fingerprint density at radius 3 is 2.61 bits per heavy atom. The van der Waals surface area contributed by atoms with Gasteiger partial charge < -0.3 is 10.4 Å². The van der Waals surface area contributed by atoms with Crippen LogP contribution in [0.5, 0.6) is 0 Å². The van der Waals surface area contributed by atoms with Crippen molar-refractivity contribution in [2.24, 2.45) is 7.05 Å². The van der Waals surface area contributed by atoms with E-state index in [4.69, 9.17) is 5.26 Å². The third-order valence-electron chi connectivity index (χ3n) is 3.41. The van der Waals surface area contributed by atoms with E-state index in [0.717, 1.165) is 12.1 Å². The van der Waals surface area contributed by atoms with E-state index in [9.17, 15) is 18.3 Å². The van der Waals surface area contributed by atoms with Crippen LogP contribution >= 0.6 is 0 Å². The predicted molar refractivity (Wildman–Crippen MR) is 77.4 cm³/mol. The van der Waals surface area contributed by atoms with Crippen LogP contribution in [-0.4, -0.2) is 21.4 Å². The third kappa shape index (κ3) is 3.81. The van der Waals surface area contributed by atoms with Gasteiger partial charge in [-0.2, -0.15) is 23.5 Å². The van der Waals surface area contributed by atoms with Crippen LogP contribution in [0.4, 0.5) is 18.9 Å². The topological polar surface area (TPSA) is 73.9 Å². The van der Waals surface area contributed by atoms with Gasteiger partial charge >= 0.3 is 6.18 Å². The lowest BCUT2D eigenvalue weighted by Gasteiger charge is -2.23. The van der Waals surface area contributed by atoms with E-state index in [0.29, 0.717) is 11.3 Å². The molecule has 2 aromatic rings. The van der Waals surface area contributed by atoms with Crippen molar-refractivity contribution in [2.75, 3.05) is 11.9 Å². The highest BCUT2D eigenvalue weighted by Crippen LogP contribution is 2.33. The van der Waals surface area contributed by atoms with Crippen LogP contribution in [0.25, 0.3) is 0 Å². The zero-order chi connectivity index (χ0) is 17.3. The molecular weight excluding hydrogens is 309 g/mol. The minimum atomic E-state index is -4.58. The summed E-state index contributed by atoms with van der Waals surface area (Å²) in [7, 11) is 1.71. The molecule has 2 N–H and O–H groups in total. The van der Waals surface area contributed by atoms with Crippen LogP contribution in [0.2, 0.25) is 0 Å². The Morgan fingerprint density at radius 1 is 1.39 bits per heavy atom. The number of nitrogens with one attached hydrogen (secondary N) is 1. The number of aromatic nitrogens is 2. The van der Waals surface area contributed by atoms with E-state index < -0.39 is 22.9 Å². The molecule has 1 aromatic heterocycles. The minimum Gasteiger partial charge on any atom is -0.383 e. The number of rotatable bonds is 4. The number of hydrogen-bond acceptors (Lipinski definition) is 4. The maximum atomic E-state index is 12.7. The van der Waals surface area contributed by atoms with Crippen molar-refractivity contribution < 1.29 is 18.3 Å². The first-order chi connectivity index (χ1) is 10.6. The van der Waals surface area contributed by atoms with Crippen LogP contribution in [0.1, 0.15) is 23.6 Å². The molecule has 0 saturated heterocycles. The largest absolute Gasteiger partial charge is 0.417 e. The first-order valence-corrected chi connectivity index (χ1v) is 6.70. The molecule has 0 amide bonds. The lowest BCUT2D eigenvalue weighted by molar-refractivity contribution is -0.137. The van der Waals surface area contributed by atoms with Gasteiger partial charge in [-0.15, -0.1) is 0 Å². The highest BCUT2D eigenvalue weighted by Gasteiger charge is 2.33. The Bertz CT molecular complexity index is 744. The Kier molecular flexibility index (Phi) is 4.34. The molecule has 0 radical (unpaired) electrons. The van der Waals surface area contributed by atoms with Crippen LogP contribution in [0, 0.1) is 11.3 Å². The average molecular weight is 324 g/mol. The fourth-order valence-electron chi connectivity index (χ4n) is 2.07. The van der Waals surface area contributed by atoms with Crippen molar-refractivity contribution in [3.05, 3.63) is 47.3 Å². The highest BCUT2D eigenvalue weighted by molar-refractivity contribution is 5.54. The molecule has 8 heteroatoms. The summed E-state index contributed by atoms with van der Waals surface area (Å²) in [5.41, 5.74) is -1.82. The van der Waals surface area contributed by atoms with Gasteiger partial charge in [-0.3, -0.25) is 4.68 Å².